The first-order chi connectivity index (χ1) is 4.38. The molecule has 0 saturated heterocycles. The summed E-state index contributed by atoms with van der Waals surface area (Å²) in [7, 11) is 0. The molecule has 0 bridgehead atoms. The van der Waals surface area contributed by atoms with Crippen molar-refractivity contribution in [3.8, 4) is 6.07 Å². The highest BCUT2D eigenvalue weighted by Crippen LogP contribution is 2.09. The molecule has 0 unspecified atom stereocenters. The van der Waals surface area contributed by atoms with Gasteiger partial charge >= 0.3 is 0 Å². The van der Waals surface area contributed by atoms with Crippen LogP contribution in [0.5, 0.6) is 0 Å². The highest BCUT2D eigenvalue weighted by atomic mass is 127. The number of nitrogens with one attached hydrogen (secondary N) is 2. The number of anilines is 1. The molecule has 4 nitrogen and oxygen atoms in total. The van der Waals surface area contributed by atoms with E-state index in [-0.39, 0.29) is 0 Å². The van der Waals surface area contributed by atoms with E-state index < -0.39 is 0 Å². The van der Waals surface area contributed by atoms with Gasteiger partial charge in [-0.2, -0.15) is 10.4 Å². The molecule has 0 spiro atoms. The Balaban J connectivity index is 3.02. The highest BCUT2D eigenvalue weighted by molar-refractivity contribution is 14.1. The lowest BCUT2D eigenvalue weighted by Gasteiger charge is -1.87. The monoisotopic (exact) mass is 234 g/mol. The maximum absolute atomic E-state index is 8.39. The first kappa shape index (κ1) is 6.35. The number of nitrogens with zero attached hydrogens (tertiary/aromatic N) is 2. The van der Waals surface area contributed by atoms with Crippen molar-refractivity contribution < 1.29 is 0 Å². The first-order valence-electron chi connectivity index (χ1n) is 2.18. The largest absolute Gasteiger partial charge is 0.312 e. The van der Waals surface area contributed by atoms with Gasteiger partial charge in [0.2, 0.25) is 0 Å². The average Bonchev–Trinajstić information content (AvgIpc) is 2.33. The van der Waals surface area contributed by atoms with Crippen LogP contribution < -0.4 is 3.53 Å². The molecular formula is C4H3IN4. The second kappa shape index (κ2) is 2.68. The van der Waals surface area contributed by atoms with Crippen LogP contribution in [-0.4, -0.2) is 10.2 Å². The minimum absolute atomic E-state index is 0.532. The zero-order valence-corrected chi connectivity index (χ0v) is 6.51. The number of hydrogen-bond acceptors (Lipinski definition) is 3. The summed E-state index contributed by atoms with van der Waals surface area (Å²) < 4.78 is 2.76. The van der Waals surface area contributed by atoms with E-state index >= 15 is 0 Å². The van der Waals surface area contributed by atoms with Gasteiger partial charge in [-0.1, -0.05) is 0 Å². The van der Waals surface area contributed by atoms with Gasteiger partial charge in [0.25, 0.3) is 0 Å². The van der Waals surface area contributed by atoms with Crippen molar-refractivity contribution in [3.05, 3.63) is 11.8 Å². The minimum Gasteiger partial charge on any atom is -0.312 e. The predicted octanol–water partition coefficient (Wildman–Crippen LogP) is 1.04. The van der Waals surface area contributed by atoms with Crippen LogP contribution in [0, 0.1) is 11.3 Å². The molecule has 0 aliphatic rings. The lowest BCUT2D eigenvalue weighted by atomic mass is 10.4. The maximum Gasteiger partial charge on any atom is 0.148 e. The van der Waals surface area contributed by atoms with E-state index in [0.29, 0.717) is 11.4 Å². The number of halogens is 1. The van der Waals surface area contributed by atoms with Gasteiger partial charge in [0.15, 0.2) is 0 Å². The van der Waals surface area contributed by atoms with Crippen molar-refractivity contribution in [2.45, 2.75) is 0 Å². The first-order valence-corrected chi connectivity index (χ1v) is 3.26. The van der Waals surface area contributed by atoms with Crippen LogP contribution in [0.3, 0.4) is 0 Å². The normalized spacial score (nSPS) is 8.44. The van der Waals surface area contributed by atoms with Gasteiger partial charge in [-0.25, -0.2) is 0 Å². The second-order valence-electron chi connectivity index (χ2n) is 1.36. The SMILES string of the molecule is N#Cc1cn[nH]c1NI. The van der Waals surface area contributed by atoms with Crippen LogP contribution in [0.15, 0.2) is 6.20 Å². The molecule has 1 rings (SSSR count). The Kier molecular flexibility index (Phi) is 1.89. The molecule has 0 aliphatic carbocycles. The molecule has 0 aromatic carbocycles. The van der Waals surface area contributed by atoms with Crippen molar-refractivity contribution >= 4 is 28.7 Å². The Labute approximate surface area is 65.8 Å². The average molecular weight is 234 g/mol. The summed E-state index contributed by atoms with van der Waals surface area (Å²) in [6, 6.07) is 1.97. The van der Waals surface area contributed by atoms with Crippen LogP contribution in [0.25, 0.3) is 0 Å². The minimum atomic E-state index is 0.532. The van der Waals surface area contributed by atoms with Crippen molar-refractivity contribution in [2.24, 2.45) is 0 Å². The zero-order valence-electron chi connectivity index (χ0n) is 4.35. The molecule has 1 aromatic rings. The molecule has 5 heteroatoms. The molecule has 0 fully saturated rings. The van der Waals surface area contributed by atoms with Crippen LogP contribution in [0.4, 0.5) is 5.82 Å². The fourth-order valence-corrected chi connectivity index (χ4v) is 0.854. The molecule has 0 saturated carbocycles. The van der Waals surface area contributed by atoms with Crippen LogP contribution >= 0.6 is 22.9 Å². The van der Waals surface area contributed by atoms with Crippen molar-refractivity contribution in [2.75, 3.05) is 3.53 Å². The third kappa shape index (κ3) is 1.13. The standard InChI is InChI=1S/C4H3IN4/c5-8-4-3(1-6)2-7-9-4/h2H,(H2,7,8,9). The van der Waals surface area contributed by atoms with Crippen molar-refractivity contribution in [1.82, 2.24) is 10.2 Å². The third-order valence-electron chi connectivity index (χ3n) is 0.854. The predicted molar refractivity (Wildman–Crippen MR) is 40.9 cm³/mol. The molecule has 0 radical (unpaired) electrons. The summed E-state index contributed by atoms with van der Waals surface area (Å²) >= 11 is 1.93. The van der Waals surface area contributed by atoms with Gasteiger partial charge in [-0.15, -0.1) is 0 Å². The summed E-state index contributed by atoms with van der Waals surface area (Å²) in [6.45, 7) is 0. The lowest BCUT2D eigenvalue weighted by molar-refractivity contribution is 1.10. The van der Waals surface area contributed by atoms with Gasteiger partial charge in [0.1, 0.15) is 17.5 Å². The summed E-state index contributed by atoms with van der Waals surface area (Å²) in [4.78, 5) is 0. The Bertz CT molecular complexity index is 235. The summed E-state index contributed by atoms with van der Waals surface area (Å²) in [5.74, 6) is 0.651. The van der Waals surface area contributed by atoms with E-state index in [1.807, 2.05) is 28.9 Å². The quantitative estimate of drug-likeness (QED) is 0.563. The number of hydrogen-bond donors (Lipinski definition) is 2. The Morgan fingerprint density at radius 2 is 2.67 bits per heavy atom. The van der Waals surface area contributed by atoms with Crippen LogP contribution in [0.1, 0.15) is 5.56 Å². The molecule has 1 aromatic heterocycles. The van der Waals surface area contributed by atoms with E-state index in [0.717, 1.165) is 0 Å². The van der Waals surface area contributed by atoms with E-state index in [1.165, 1.54) is 6.20 Å². The van der Waals surface area contributed by atoms with Crippen molar-refractivity contribution in [3.63, 3.8) is 0 Å². The maximum atomic E-state index is 8.39. The molecule has 2 N–H and O–H groups in total. The Morgan fingerprint density at radius 3 is 3.11 bits per heavy atom. The van der Waals surface area contributed by atoms with Gasteiger partial charge < -0.3 is 3.53 Å². The molecule has 0 amide bonds. The van der Waals surface area contributed by atoms with Gasteiger partial charge in [0.05, 0.1) is 29.1 Å². The third-order valence-corrected chi connectivity index (χ3v) is 1.39. The fraction of sp³-hybridized carbons (Fsp3) is 0. The van der Waals surface area contributed by atoms with Gasteiger partial charge in [-0.3, -0.25) is 5.10 Å². The van der Waals surface area contributed by atoms with Gasteiger partial charge in [-0.05, 0) is 0 Å². The molecule has 0 aliphatic heterocycles. The Morgan fingerprint density at radius 1 is 1.89 bits per heavy atom. The molecule has 9 heavy (non-hydrogen) atoms. The van der Waals surface area contributed by atoms with Gasteiger partial charge in [0, 0.05) is 0 Å². The molecular weight excluding hydrogens is 231 g/mol. The van der Waals surface area contributed by atoms with Crippen molar-refractivity contribution in [1.29, 1.82) is 5.26 Å². The number of nitriles is 1. The highest BCUT2D eigenvalue weighted by Gasteiger charge is 1.99. The fourth-order valence-electron chi connectivity index (χ4n) is 0.443. The Hall–Kier alpha value is -0.770. The van der Waals surface area contributed by atoms with Crippen LogP contribution in [0.2, 0.25) is 0 Å². The zero-order chi connectivity index (χ0) is 6.69. The second-order valence-corrected chi connectivity index (χ2v) is 1.90. The summed E-state index contributed by atoms with van der Waals surface area (Å²) in [5, 5.41) is 14.6. The number of aromatic nitrogens is 2. The summed E-state index contributed by atoms with van der Waals surface area (Å²) in [5.41, 5.74) is 0.532. The lowest BCUT2D eigenvalue weighted by Crippen LogP contribution is -1.80. The summed E-state index contributed by atoms with van der Waals surface area (Å²) in [6.07, 6.45) is 1.47. The van der Waals surface area contributed by atoms with Crippen LogP contribution in [-0.2, 0) is 0 Å². The van der Waals surface area contributed by atoms with E-state index in [1.54, 1.807) is 0 Å². The number of rotatable bonds is 1. The number of aromatic amines is 1. The van der Waals surface area contributed by atoms with E-state index in [2.05, 4.69) is 13.7 Å². The molecule has 46 valence electrons. The smallest absolute Gasteiger partial charge is 0.148 e. The van der Waals surface area contributed by atoms with E-state index in [4.69, 9.17) is 5.26 Å². The molecule has 1 heterocycles. The molecule has 0 atom stereocenters. The topological polar surface area (TPSA) is 64.5 Å². The van der Waals surface area contributed by atoms with E-state index in [9.17, 15) is 0 Å². The number of H-pyrrole nitrogens is 1.